The second-order valence-corrected chi connectivity index (χ2v) is 5.75. The molecule has 1 atom stereocenters. The van der Waals surface area contributed by atoms with Crippen LogP contribution >= 0.6 is 0 Å². The maximum absolute atomic E-state index is 13.1. The van der Waals surface area contributed by atoms with Gasteiger partial charge in [-0.2, -0.15) is 13.2 Å². The fourth-order valence-electron chi connectivity index (χ4n) is 2.94. The quantitative estimate of drug-likeness (QED) is 0.894. The van der Waals surface area contributed by atoms with Crippen LogP contribution in [0.2, 0.25) is 0 Å². The van der Waals surface area contributed by atoms with Gasteiger partial charge in [-0.05, 0) is 24.3 Å². The van der Waals surface area contributed by atoms with Crippen LogP contribution in [0.1, 0.15) is 22.1 Å². The summed E-state index contributed by atoms with van der Waals surface area (Å²) in [7, 11) is 2.88. The Labute approximate surface area is 148 Å². The van der Waals surface area contributed by atoms with Gasteiger partial charge in [0.05, 0.1) is 19.8 Å². The van der Waals surface area contributed by atoms with Crippen LogP contribution in [0.25, 0.3) is 0 Å². The van der Waals surface area contributed by atoms with E-state index in [-0.39, 0.29) is 5.56 Å². The van der Waals surface area contributed by atoms with Gasteiger partial charge in [0, 0.05) is 17.3 Å². The third kappa shape index (κ3) is 3.40. The molecule has 5 nitrogen and oxygen atoms in total. The van der Waals surface area contributed by atoms with Gasteiger partial charge in [0.15, 0.2) is 0 Å². The van der Waals surface area contributed by atoms with Crippen molar-refractivity contribution in [1.29, 1.82) is 0 Å². The predicted molar refractivity (Wildman–Crippen MR) is 89.4 cm³/mol. The summed E-state index contributed by atoms with van der Waals surface area (Å²) in [5.41, 5.74) is 1.07. The zero-order valence-corrected chi connectivity index (χ0v) is 14.1. The zero-order valence-electron chi connectivity index (χ0n) is 14.1. The molecule has 138 valence electrons. The number of fused-ring (bicyclic) bond motifs is 1. The van der Waals surface area contributed by atoms with Crippen LogP contribution in [-0.4, -0.2) is 37.7 Å². The molecule has 0 aliphatic carbocycles. The summed E-state index contributed by atoms with van der Waals surface area (Å²) < 4.78 is 49.7. The molecule has 3 rings (SSSR count). The molecule has 0 spiro atoms. The number of anilines is 1. The number of carbonyl (C=O) groups excluding carboxylic acids is 1. The number of hydrogen-bond donors (Lipinski definition) is 1. The minimum absolute atomic E-state index is 0.195. The van der Waals surface area contributed by atoms with Gasteiger partial charge in [0.2, 0.25) is 0 Å². The number of nitrogens with zero attached hydrogens (tertiary/aromatic N) is 1. The van der Waals surface area contributed by atoms with E-state index in [1.807, 2.05) is 0 Å². The van der Waals surface area contributed by atoms with E-state index in [9.17, 15) is 18.0 Å². The molecule has 0 aromatic heterocycles. The molecule has 2 aromatic carbocycles. The zero-order chi connectivity index (χ0) is 18.9. The summed E-state index contributed by atoms with van der Waals surface area (Å²) in [5.74, 6) is 0.122. The number of nitrogens with one attached hydrogen (secondary N) is 1. The smallest absolute Gasteiger partial charge is 0.406 e. The first-order chi connectivity index (χ1) is 12.3. The lowest BCUT2D eigenvalue weighted by atomic mass is 10.0. The fourth-order valence-corrected chi connectivity index (χ4v) is 2.94. The first kappa shape index (κ1) is 17.9. The van der Waals surface area contributed by atoms with Gasteiger partial charge in [-0.15, -0.1) is 0 Å². The maximum Gasteiger partial charge on any atom is 0.406 e. The highest BCUT2D eigenvalue weighted by Crippen LogP contribution is 2.39. The van der Waals surface area contributed by atoms with Crippen LogP contribution in [0.4, 0.5) is 18.9 Å². The molecule has 0 saturated heterocycles. The molecule has 0 radical (unpaired) electrons. The molecule has 0 saturated carbocycles. The summed E-state index contributed by atoms with van der Waals surface area (Å²) in [6.07, 6.45) is -5.57. The lowest BCUT2D eigenvalue weighted by Gasteiger charge is -2.38. The maximum atomic E-state index is 13.1. The van der Waals surface area contributed by atoms with Gasteiger partial charge in [-0.1, -0.05) is 12.1 Å². The average Bonchev–Trinajstić information content (AvgIpc) is 2.62. The molecule has 1 N–H and O–H groups in total. The van der Waals surface area contributed by atoms with E-state index >= 15 is 0 Å². The molecule has 8 heteroatoms. The molecule has 1 heterocycles. The van der Waals surface area contributed by atoms with Crippen LogP contribution in [0, 0.1) is 0 Å². The van der Waals surface area contributed by atoms with Crippen LogP contribution in [0.3, 0.4) is 0 Å². The molecule has 0 unspecified atom stereocenters. The highest BCUT2D eigenvalue weighted by molar-refractivity contribution is 6.01. The van der Waals surface area contributed by atoms with E-state index in [0.717, 1.165) is 4.90 Å². The Morgan fingerprint density at radius 1 is 1.12 bits per heavy atom. The van der Waals surface area contributed by atoms with E-state index in [1.54, 1.807) is 36.4 Å². The molecule has 0 bridgehead atoms. The minimum Gasteiger partial charge on any atom is -0.497 e. The molecule has 2 aromatic rings. The number of para-hydroxylation sites is 1. The number of ether oxygens (including phenoxy) is 2. The molecule has 26 heavy (non-hydrogen) atoms. The van der Waals surface area contributed by atoms with Gasteiger partial charge in [0.1, 0.15) is 24.2 Å². The SMILES string of the molecule is COc1ccc([C@@H]2Nc3ccccc3C(=O)N2CC(F)(F)F)c(OC)c1. The number of carbonyl (C=O) groups is 1. The van der Waals surface area contributed by atoms with Crippen molar-refractivity contribution in [2.75, 3.05) is 26.1 Å². The third-order valence-corrected chi connectivity index (χ3v) is 4.11. The normalized spacial score (nSPS) is 16.7. The lowest BCUT2D eigenvalue weighted by Crippen LogP contribution is -2.47. The average molecular weight is 366 g/mol. The van der Waals surface area contributed by atoms with Crippen molar-refractivity contribution in [2.45, 2.75) is 12.3 Å². The second-order valence-electron chi connectivity index (χ2n) is 5.75. The van der Waals surface area contributed by atoms with Crippen LogP contribution in [-0.2, 0) is 0 Å². The van der Waals surface area contributed by atoms with E-state index in [1.165, 1.54) is 20.3 Å². The van der Waals surface area contributed by atoms with E-state index < -0.39 is 24.8 Å². The van der Waals surface area contributed by atoms with Gasteiger partial charge in [-0.3, -0.25) is 4.79 Å². The van der Waals surface area contributed by atoms with Crippen LogP contribution in [0.5, 0.6) is 11.5 Å². The van der Waals surface area contributed by atoms with Crippen molar-refractivity contribution in [3.8, 4) is 11.5 Å². The Morgan fingerprint density at radius 3 is 2.50 bits per heavy atom. The van der Waals surface area contributed by atoms with Gasteiger partial charge >= 0.3 is 6.18 Å². The van der Waals surface area contributed by atoms with Crippen molar-refractivity contribution >= 4 is 11.6 Å². The molecular formula is C18H17F3N2O3. The number of alkyl halides is 3. The first-order valence-corrected chi connectivity index (χ1v) is 7.79. The van der Waals surface area contributed by atoms with Crippen molar-refractivity contribution < 1.29 is 27.4 Å². The summed E-state index contributed by atoms with van der Waals surface area (Å²) in [6.45, 7) is -1.38. The number of amides is 1. The highest BCUT2D eigenvalue weighted by atomic mass is 19.4. The second kappa shape index (κ2) is 6.78. The van der Waals surface area contributed by atoms with E-state index in [4.69, 9.17) is 9.47 Å². The summed E-state index contributed by atoms with van der Waals surface area (Å²) in [5, 5.41) is 3.01. The Balaban J connectivity index is 2.09. The third-order valence-electron chi connectivity index (χ3n) is 4.11. The van der Waals surface area contributed by atoms with Crippen LogP contribution in [0.15, 0.2) is 42.5 Å². The summed E-state index contributed by atoms with van der Waals surface area (Å²) >= 11 is 0. The topological polar surface area (TPSA) is 50.8 Å². The van der Waals surface area contributed by atoms with Crippen molar-refractivity contribution in [3.63, 3.8) is 0 Å². The number of benzene rings is 2. The highest BCUT2D eigenvalue weighted by Gasteiger charge is 2.41. The molecule has 0 fully saturated rings. The number of halogens is 3. The predicted octanol–water partition coefficient (Wildman–Crippen LogP) is 3.83. The molecule has 1 amide bonds. The van der Waals surface area contributed by atoms with Gasteiger partial charge < -0.3 is 19.7 Å². The largest absolute Gasteiger partial charge is 0.497 e. The van der Waals surface area contributed by atoms with Gasteiger partial charge in [0.25, 0.3) is 5.91 Å². The Bertz CT molecular complexity index is 824. The Hall–Kier alpha value is -2.90. The minimum atomic E-state index is -4.54. The first-order valence-electron chi connectivity index (χ1n) is 7.79. The van der Waals surface area contributed by atoms with Crippen molar-refractivity contribution in [3.05, 3.63) is 53.6 Å². The fraction of sp³-hybridized carbons (Fsp3) is 0.278. The molecule has 1 aliphatic rings. The van der Waals surface area contributed by atoms with E-state index in [0.29, 0.717) is 22.7 Å². The van der Waals surface area contributed by atoms with Crippen molar-refractivity contribution in [1.82, 2.24) is 4.90 Å². The summed E-state index contributed by atoms with van der Waals surface area (Å²) in [6, 6.07) is 11.2. The standard InChI is InChI=1S/C18H17F3N2O3/c1-25-11-7-8-13(15(9-11)26-2)16-22-14-6-4-3-5-12(14)17(24)23(16)10-18(19,20)21/h3-9,16,22H,10H2,1-2H3/t16-/m1/s1. The van der Waals surface area contributed by atoms with Gasteiger partial charge in [-0.25, -0.2) is 0 Å². The summed E-state index contributed by atoms with van der Waals surface area (Å²) in [4.78, 5) is 13.5. The number of hydrogen-bond acceptors (Lipinski definition) is 4. The number of rotatable bonds is 4. The monoisotopic (exact) mass is 366 g/mol. The van der Waals surface area contributed by atoms with E-state index in [2.05, 4.69) is 5.32 Å². The molecule has 1 aliphatic heterocycles. The number of methoxy groups -OCH3 is 2. The van der Waals surface area contributed by atoms with Crippen LogP contribution < -0.4 is 14.8 Å². The lowest BCUT2D eigenvalue weighted by molar-refractivity contribution is -0.144. The molecular weight excluding hydrogens is 349 g/mol. The Kier molecular flexibility index (Phi) is 4.67. The Morgan fingerprint density at radius 2 is 1.85 bits per heavy atom. The van der Waals surface area contributed by atoms with Crippen molar-refractivity contribution in [2.24, 2.45) is 0 Å².